The van der Waals surface area contributed by atoms with Crippen molar-refractivity contribution in [1.29, 1.82) is 0 Å². The van der Waals surface area contributed by atoms with E-state index in [1.165, 1.54) is 0 Å². The Bertz CT molecular complexity index is 614. The van der Waals surface area contributed by atoms with Crippen LogP contribution in [0.4, 0.5) is 4.79 Å². The molecule has 0 saturated heterocycles. The van der Waals surface area contributed by atoms with E-state index in [0.717, 1.165) is 11.6 Å². The van der Waals surface area contributed by atoms with Crippen LogP contribution < -0.4 is 10.6 Å². The van der Waals surface area contributed by atoms with Crippen LogP contribution in [0.5, 0.6) is 0 Å². The van der Waals surface area contributed by atoms with Crippen molar-refractivity contribution in [2.75, 3.05) is 13.1 Å². The minimum absolute atomic E-state index is 0.176. The minimum atomic E-state index is -0.499. The number of alkyl carbamates (subject to hydrolysis) is 1. The average molecular weight is 320 g/mol. The standard InChI is InChI=1S/C16H24N4O3/c1-16(2,3)23-15(21)19-8-7-17-13(12-6-5-11-22-12)14-18-9-10-20(14)4/h5-6,9-11,13,17H,7-8H2,1-4H3,(H,19,21). The van der Waals surface area contributed by atoms with Crippen molar-refractivity contribution in [3.63, 3.8) is 0 Å². The van der Waals surface area contributed by atoms with Crippen molar-refractivity contribution in [3.8, 4) is 0 Å². The van der Waals surface area contributed by atoms with Gasteiger partial charge in [0, 0.05) is 32.5 Å². The first-order valence-corrected chi connectivity index (χ1v) is 7.57. The monoisotopic (exact) mass is 320 g/mol. The lowest BCUT2D eigenvalue weighted by molar-refractivity contribution is 0.0528. The Morgan fingerprint density at radius 2 is 2.22 bits per heavy atom. The Labute approximate surface area is 136 Å². The first-order chi connectivity index (χ1) is 10.9. The highest BCUT2D eigenvalue weighted by Gasteiger charge is 2.20. The summed E-state index contributed by atoms with van der Waals surface area (Å²) < 4.78 is 12.6. The third-order valence-electron chi connectivity index (χ3n) is 3.09. The third-order valence-corrected chi connectivity index (χ3v) is 3.09. The number of imidazole rings is 1. The summed E-state index contributed by atoms with van der Waals surface area (Å²) in [6.07, 6.45) is 4.83. The molecule has 1 atom stereocenters. The molecule has 2 rings (SSSR count). The first-order valence-electron chi connectivity index (χ1n) is 7.57. The zero-order valence-corrected chi connectivity index (χ0v) is 14.0. The van der Waals surface area contributed by atoms with Crippen LogP contribution >= 0.6 is 0 Å². The van der Waals surface area contributed by atoms with Crippen molar-refractivity contribution in [2.24, 2.45) is 7.05 Å². The number of ether oxygens (including phenoxy) is 1. The highest BCUT2D eigenvalue weighted by molar-refractivity contribution is 5.67. The summed E-state index contributed by atoms with van der Waals surface area (Å²) in [6.45, 7) is 6.49. The van der Waals surface area contributed by atoms with Crippen molar-refractivity contribution < 1.29 is 13.9 Å². The summed E-state index contributed by atoms with van der Waals surface area (Å²) in [4.78, 5) is 16.0. The second-order valence-corrected chi connectivity index (χ2v) is 6.23. The van der Waals surface area contributed by atoms with E-state index in [1.54, 1.807) is 12.5 Å². The Balaban J connectivity index is 1.88. The second kappa shape index (κ2) is 7.32. The Kier molecular flexibility index (Phi) is 5.44. The molecule has 1 amide bonds. The van der Waals surface area contributed by atoms with E-state index in [-0.39, 0.29) is 6.04 Å². The zero-order chi connectivity index (χ0) is 16.9. The number of aryl methyl sites for hydroxylation is 1. The molecule has 2 aromatic heterocycles. The maximum Gasteiger partial charge on any atom is 0.407 e. The van der Waals surface area contributed by atoms with Crippen LogP contribution in [0.3, 0.4) is 0 Å². The number of amides is 1. The van der Waals surface area contributed by atoms with Gasteiger partial charge >= 0.3 is 6.09 Å². The molecule has 0 saturated carbocycles. The fourth-order valence-corrected chi connectivity index (χ4v) is 2.13. The van der Waals surface area contributed by atoms with Gasteiger partial charge in [-0.2, -0.15) is 0 Å². The predicted molar refractivity (Wildman–Crippen MR) is 86.0 cm³/mol. The van der Waals surface area contributed by atoms with Crippen LogP contribution in [0.1, 0.15) is 38.4 Å². The molecule has 2 aromatic rings. The Morgan fingerprint density at radius 3 is 2.78 bits per heavy atom. The van der Waals surface area contributed by atoms with E-state index in [1.807, 2.05) is 50.7 Å². The van der Waals surface area contributed by atoms with Crippen molar-refractivity contribution >= 4 is 6.09 Å². The molecule has 23 heavy (non-hydrogen) atoms. The van der Waals surface area contributed by atoms with Crippen LogP contribution in [-0.2, 0) is 11.8 Å². The molecule has 2 N–H and O–H groups in total. The van der Waals surface area contributed by atoms with Gasteiger partial charge in [0.25, 0.3) is 0 Å². The number of hydrogen-bond acceptors (Lipinski definition) is 5. The molecule has 0 aliphatic heterocycles. The molecule has 0 spiro atoms. The Hall–Kier alpha value is -2.28. The average Bonchev–Trinajstić information content (AvgIpc) is 3.09. The molecular formula is C16H24N4O3. The van der Waals surface area contributed by atoms with Crippen LogP contribution in [0, 0.1) is 0 Å². The first kappa shape index (κ1) is 17.1. The highest BCUT2D eigenvalue weighted by Crippen LogP contribution is 2.20. The van der Waals surface area contributed by atoms with E-state index in [4.69, 9.17) is 9.15 Å². The van der Waals surface area contributed by atoms with Gasteiger partial charge in [-0.15, -0.1) is 0 Å². The second-order valence-electron chi connectivity index (χ2n) is 6.23. The van der Waals surface area contributed by atoms with E-state index in [2.05, 4.69) is 15.6 Å². The summed E-state index contributed by atoms with van der Waals surface area (Å²) >= 11 is 0. The lowest BCUT2D eigenvalue weighted by atomic mass is 10.2. The van der Waals surface area contributed by atoms with Crippen LogP contribution in [-0.4, -0.2) is 34.3 Å². The number of nitrogens with one attached hydrogen (secondary N) is 2. The Morgan fingerprint density at radius 1 is 1.43 bits per heavy atom. The predicted octanol–water partition coefficient (Wildman–Crippen LogP) is 2.22. The maximum atomic E-state index is 11.6. The molecule has 0 bridgehead atoms. The largest absolute Gasteiger partial charge is 0.467 e. The molecule has 1 unspecified atom stereocenters. The number of nitrogens with zero attached hydrogens (tertiary/aromatic N) is 2. The quantitative estimate of drug-likeness (QED) is 0.798. The molecule has 0 fully saturated rings. The molecule has 126 valence electrons. The maximum absolute atomic E-state index is 11.6. The molecule has 2 heterocycles. The number of furan rings is 1. The highest BCUT2D eigenvalue weighted by atomic mass is 16.6. The van der Waals surface area contributed by atoms with Crippen molar-refractivity contribution in [3.05, 3.63) is 42.4 Å². The van der Waals surface area contributed by atoms with Crippen LogP contribution in [0.2, 0.25) is 0 Å². The minimum Gasteiger partial charge on any atom is -0.467 e. The molecule has 7 heteroatoms. The molecule has 0 aliphatic rings. The SMILES string of the molecule is Cn1ccnc1C(NCCNC(=O)OC(C)(C)C)c1ccco1. The van der Waals surface area contributed by atoms with Gasteiger partial charge in [-0.05, 0) is 32.9 Å². The number of carbonyl (C=O) groups excluding carboxylic acids is 1. The summed E-state index contributed by atoms with van der Waals surface area (Å²) in [7, 11) is 1.93. The molecule has 7 nitrogen and oxygen atoms in total. The van der Waals surface area contributed by atoms with Gasteiger partial charge in [-0.25, -0.2) is 9.78 Å². The van der Waals surface area contributed by atoms with Gasteiger partial charge in [-0.1, -0.05) is 0 Å². The molecule has 0 aliphatic carbocycles. The number of hydrogen-bond donors (Lipinski definition) is 2. The molecular weight excluding hydrogens is 296 g/mol. The topological polar surface area (TPSA) is 81.3 Å². The summed E-state index contributed by atoms with van der Waals surface area (Å²) in [5.41, 5.74) is -0.499. The van der Waals surface area contributed by atoms with Gasteiger partial charge in [0.15, 0.2) is 0 Å². The number of carbonyl (C=O) groups is 1. The summed E-state index contributed by atoms with van der Waals surface area (Å²) in [6, 6.07) is 3.56. The van der Waals surface area contributed by atoms with Gasteiger partial charge < -0.3 is 19.0 Å². The van der Waals surface area contributed by atoms with E-state index in [9.17, 15) is 4.79 Å². The van der Waals surface area contributed by atoms with Crippen LogP contribution in [0.15, 0.2) is 35.2 Å². The van der Waals surface area contributed by atoms with Crippen LogP contribution in [0.25, 0.3) is 0 Å². The fraction of sp³-hybridized carbons (Fsp3) is 0.500. The normalized spacial score (nSPS) is 12.9. The number of rotatable bonds is 6. The summed E-state index contributed by atoms with van der Waals surface area (Å²) in [5.74, 6) is 1.62. The van der Waals surface area contributed by atoms with E-state index in [0.29, 0.717) is 13.1 Å². The lowest BCUT2D eigenvalue weighted by Gasteiger charge is -2.20. The summed E-state index contributed by atoms with van der Waals surface area (Å²) in [5, 5.41) is 6.05. The molecule has 0 radical (unpaired) electrons. The smallest absolute Gasteiger partial charge is 0.407 e. The van der Waals surface area contributed by atoms with Crippen molar-refractivity contribution in [1.82, 2.24) is 20.2 Å². The fourth-order valence-electron chi connectivity index (χ4n) is 2.13. The van der Waals surface area contributed by atoms with Gasteiger partial charge in [0.1, 0.15) is 23.2 Å². The molecule has 0 aromatic carbocycles. The van der Waals surface area contributed by atoms with E-state index < -0.39 is 11.7 Å². The number of aromatic nitrogens is 2. The lowest BCUT2D eigenvalue weighted by Crippen LogP contribution is -2.37. The van der Waals surface area contributed by atoms with Crippen molar-refractivity contribution in [2.45, 2.75) is 32.4 Å². The van der Waals surface area contributed by atoms with Gasteiger partial charge in [0.05, 0.1) is 6.26 Å². The zero-order valence-electron chi connectivity index (χ0n) is 14.0. The van der Waals surface area contributed by atoms with Gasteiger partial charge in [-0.3, -0.25) is 5.32 Å². The van der Waals surface area contributed by atoms with Gasteiger partial charge in [0.2, 0.25) is 0 Å². The third kappa shape index (κ3) is 5.14. The van der Waals surface area contributed by atoms with E-state index >= 15 is 0 Å².